The highest BCUT2D eigenvalue weighted by Crippen LogP contribution is 2.38. The summed E-state index contributed by atoms with van der Waals surface area (Å²) in [6.07, 6.45) is 0. The molecule has 0 bridgehead atoms. The third kappa shape index (κ3) is 4.64. The molecule has 2 heterocycles. The molecular weight excluding hydrogens is 410 g/mol. The topological polar surface area (TPSA) is 143 Å². The summed E-state index contributed by atoms with van der Waals surface area (Å²) in [5.41, 5.74) is 8.89. The Labute approximate surface area is 188 Å². The van der Waals surface area contributed by atoms with E-state index in [1.165, 1.54) is 19.2 Å². The van der Waals surface area contributed by atoms with Crippen molar-refractivity contribution in [2.45, 2.75) is 59.2 Å². The first-order chi connectivity index (χ1) is 15.1. The van der Waals surface area contributed by atoms with Crippen molar-refractivity contribution in [3.63, 3.8) is 0 Å². The van der Waals surface area contributed by atoms with Gasteiger partial charge in [-0.25, -0.2) is 0 Å². The van der Waals surface area contributed by atoms with Gasteiger partial charge < -0.3 is 35.9 Å². The lowest BCUT2D eigenvalue weighted by molar-refractivity contribution is 0.367. The predicted molar refractivity (Wildman–Crippen MR) is 125 cm³/mol. The van der Waals surface area contributed by atoms with E-state index in [1.54, 1.807) is 0 Å². The maximum atomic E-state index is 10.3. The van der Waals surface area contributed by atoms with Crippen LogP contribution in [0.4, 0.5) is 11.8 Å². The van der Waals surface area contributed by atoms with Gasteiger partial charge in [-0.05, 0) is 32.8 Å². The first-order valence-corrected chi connectivity index (χ1v) is 10.7. The Hall–Kier alpha value is -3.27. The molecule has 6 N–H and O–H groups in total. The number of rotatable bonds is 9. The van der Waals surface area contributed by atoms with Crippen LogP contribution in [0.25, 0.3) is 11.4 Å². The lowest BCUT2D eigenvalue weighted by Gasteiger charge is -2.25. The predicted octanol–water partition coefficient (Wildman–Crippen LogP) is 3.27. The van der Waals surface area contributed by atoms with Crippen LogP contribution in [-0.4, -0.2) is 49.7 Å². The van der Waals surface area contributed by atoms with Gasteiger partial charge in [-0.1, -0.05) is 13.8 Å². The highest BCUT2D eigenvalue weighted by Gasteiger charge is 2.28. The summed E-state index contributed by atoms with van der Waals surface area (Å²) < 4.78 is 7.13. The van der Waals surface area contributed by atoms with Crippen molar-refractivity contribution >= 4 is 11.8 Å². The lowest BCUT2D eigenvalue weighted by atomic mass is 10.1. The van der Waals surface area contributed by atoms with E-state index in [-0.39, 0.29) is 41.8 Å². The molecule has 10 heteroatoms. The molecule has 0 radical (unpaired) electrons. The summed E-state index contributed by atoms with van der Waals surface area (Å²) in [5.74, 6) is 1.51. The third-order valence-electron chi connectivity index (χ3n) is 5.11. The van der Waals surface area contributed by atoms with E-state index >= 15 is 0 Å². The molecule has 0 saturated carbocycles. The molecular formula is C22H33N7O3. The van der Waals surface area contributed by atoms with Crippen molar-refractivity contribution in [3.05, 3.63) is 23.4 Å². The summed E-state index contributed by atoms with van der Waals surface area (Å²) in [5, 5.41) is 35.8. The first-order valence-electron chi connectivity index (χ1n) is 10.7. The monoisotopic (exact) mass is 443 g/mol. The van der Waals surface area contributed by atoms with Gasteiger partial charge in [0.05, 0.1) is 18.5 Å². The molecule has 1 aromatic rings. The van der Waals surface area contributed by atoms with Crippen LogP contribution in [0.1, 0.15) is 57.8 Å². The molecule has 0 spiro atoms. The summed E-state index contributed by atoms with van der Waals surface area (Å²) in [6, 6.07) is 2.90. The second-order valence-corrected chi connectivity index (χ2v) is 8.55. The Morgan fingerprint density at radius 2 is 1.78 bits per heavy atom. The number of aromatic hydroxyl groups is 2. The van der Waals surface area contributed by atoms with Crippen molar-refractivity contribution in [2.75, 3.05) is 24.3 Å². The number of hydrogen-bond donors (Lipinski definition) is 5. The molecule has 174 valence electrons. The molecule has 10 nitrogen and oxygen atoms in total. The maximum absolute atomic E-state index is 10.3. The van der Waals surface area contributed by atoms with Crippen LogP contribution in [-0.2, 0) is 6.54 Å². The molecule has 1 aromatic carbocycles. The summed E-state index contributed by atoms with van der Waals surface area (Å²) in [7, 11) is 1.43. The molecule has 2 aliphatic rings. The highest BCUT2D eigenvalue weighted by atomic mass is 16.5. The summed E-state index contributed by atoms with van der Waals surface area (Å²) >= 11 is 0. The van der Waals surface area contributed by atoms with Gasteiger partial charge >= 0.3 is 0 Å². The van der Waals surface area contributed by atoms with E-state index in [2.05, 4.69) is 53.1 Å². The van der Waals surface area contributed by atoms with E-state index < -0.39 is 0 Å². The molecule has 0 aromatic heterocycles. The van der Waals surface area contributed by atoms with Gasteiger partial charge in [0.15, 0.2) is 23.0 Å². The van der Waals surface area contributed by atoms with Crippen LogP contribution in [0, 0.1) is 0 Å². The average molecular weight is 444 g/mol. The molecule has 2 aliphatic heterocycles. The minimum absolute atomic E-state index is 0.00309. The quantitative estimate of drug-likeness (QED) is 0.315. The number of ether oxygens (including phenoxy) is 1. The molecule has 1 atom stereocenters. The zero-order valence-electron chi connectivity index (χ0n) is 19.5. The third-order valence-corrected chi connectivity index (χ3v) is 5.11. The van der Waals surface area contributed by atoms with Crippen molar-refractivity contribution < 1.29 is 14.9 Å². The number of nitrogens with two attached hydrogens (primary N) is 1. The summed E-state index contributed by atoms with van der Waals surface area (Å²) in [6.45, 7) is 11.0. The zero-order chi connectivity index (χ0) is 23.6. The van der Waals surface area contributed by atoms with Gasteiger partial charge in [0.25, 0.3) is 0 Å². The van der Waals surface area contributed by atoms with Crippen LogP contribution in [0.2, 0.25) is 0 Å². The fraction of sp³-hybridized carbons (Fsp3) is 0.500. The molecule has 0 saturated heterocycles. The maximum Gasteiger partial charge on any atom is 0.205 e. The van der Waals surface area contributed by atoms with Crippen LogP contribution in [0.3, 0.4) is 0 Å². The van der Waals surface area contributed by atoms with Gasteiger partial charge in [0.2, 0.25) is 5.95 Å². The van der Waals surface area contributed by atoms with E-state index in [0.717, 1.165) is 11.4 Å². The number of nitrogens with zero attached hydrogens (tertiary/aromatic N) is 4. The van der Waals surface area contributed by atoms with Crippen LogP contribution in [0.5, 0.6) is 17.2 Å². The van der Waals surface area contributed by atoms with Gasteiger partial charge in [0.1, 0.15) is 5.75 Å². The molecule has 0 aliphatic carbocycles. The Morgan fingerprint density at radius 1 is 1.06 bits per heavy atom. The number of fused-ring (bicyclic) bond motifs is 1. The minimum atomic E-state index is -0.0552. The standard InChI is InChI=1S/C22H33N7O3/c1-11(2)18-20-19(28-27-18)21(26-22(25-9-13(5)23)29(20)12(3)4)24-10-14-7-16(31)17(32-6)8-15(14)30/h7-8,11-13,24,30-31H,9-10,23H2,1-6H3,(H,25,26). The van der Waals surface area contributed by atoms with E-state index in [4.69, 9.17) is 15.5 Å². The average Bonchev–Trinajstić information content (AvgIpc) is 3.17. The number of nitrogens with one attached hydrogen (secondary N) is 2. The highest BCUT2D eigenvalue weighted by molar-refractivity contribution is 5.75. The van der Waals surface area contributed by atoms with Crippen LogP contribution >= 0.6 is 0 Å². The number of anilines is 2. The van der Waals surface area contributed by atoms with Crippen molar-refractivity contribution in [3.8, 4) is 28.6 Å². The number of hydrogen-bond acceptors (Lipinski definition) is 9. The number of phenolic OH excluding ortho intramolecular Hbond substituents is 2. The Kier molecular flexibility index (Phi) is 6.93. The molecule has 0 amide bonds. The second-order valence-electron chi connectivity index (χ2n) is 8.55. The molecule has 32 heavy (non-hydrogen) atoms. The van der Waals surface area contributed by atoms with Gasteiger partial charge in [-0.15, -0.1) is 5.10 Å². The van der Waals surface area contributed by atoms with Gasteiger partial charge in [0, 0.05) is 36.8 Å². The van der Waals surface area contributed by atoms with Crippen molar-refractivity contribution in [1.82, 2.24) is 19.7 Å². The van der Waals surface area contributed by atoms with Crippen LogP contribution < -0.4 is 21.1 Å². The molecule has 1 unspecified atom stereocenters. The minimum Gasteiger partial charge on any atom is -0.507 e. The number of phenols is 2. The Morgan fingerprint density at radius 3 is 2.38 bits per heavy atom. The van der Waals surface area contributed by atoms with Crippen molar-refractivity contribution in [2.24, 2.45) is 5.73 Å². The van der Waals surface area contributed by atoms with Crippen LogP contribution in [0.15, 0.2) is 12.1 Å². The molecule has 3 rings (SSSR count). The lowest BCUT2D eigenvalue weighted by Crippen LogP contribution is -2.28. The smallest absolute Gasteiger partial charge is 0.205 e. The van der Waals surface area contributed by atoms with Crippen molar-refractivity contribution in [1.29, 1.82) is 0 Å². The normalized spacial score (nSPS) is 12.5. The number of aromatic nitrogens is 4. The zero-order valence-corrected chi connectivity index (χ0v) is 19.5. The van der Waals surface area contributed by atoms with E-state index in [9.17, 15) is 10.2 Å². The fourth-order valence-electron chi connectivity index (χ4n) is 3.51. The largest absolute Gasteiger partial charge is 0.507 e. The first kappa shape index (κ1) is 23.4. The summed E-state index contributed by atoms with van der Waals surface area (Å²) in [4.78, 5) is 4.78. The second kappa shape index (κ2) is 9.47. The van der Waals surface area contributed by atoms with Gasteiger partial charge in [-0.3, -0.25) is 0 Å². The number of methoxy groups -OCH3 is 1. The SMILES string of the molecule is COc1cc(O)c(CNc2nc(NCC(C)N)n(C(C)C)c3c(C(C)C)nnc2-3)cc1O. The fourth-order valence-corrected chi connectivity index (χ4v) is 3.51. The van der Waals surface area contributed by atoms with Gasteiger partial charge in [-0.2, -0.15) is 10.1 Å². The Bertz CT molecular complexity index is 1050. The Balaban J connectivity index is 2.05. The number of benzene rings is 1. The van der Waals surface area contributed by atoms with E-state index in [1.807, 2.05) is 6.92 Å². The van der Waals surface area contributed by atoms with E-state index in [0.29, 0.717) is 29.6 Å². The molecule has 0 fully saturated rings.